The number of nitrogens with zero attached hydrogens (tertiary/aromatic N) is 4. The van der Waals surface area contributed by atoms with Crippen LogP contribution in [0.5, 0.6) is 5.75 Å². The van der Waals surface area contributed by atoms with Crippen LogP contribution in [-0.4, -0.2) is 11.7 Å². The summed E-state index contributed by atoms with van der Waals surface area (Å²) in [7, 11) is 1.68. The van der Waals surface area contributed by atoms with E-state index in [0.717, 1.165) is 31.6 Å². The molecule has 0 saturated heterocycles. The highest BCUT2D eigenvalue weighted by molar-refractivity contribution is 5.86. The van der Waals surface area contributed by atoms with Gasteiger partial charge >= 0.3 is 0 Å². The molecule has 0 saturated carbocycles. The van der Waals surface area contributed by atoms with Crippen molar-refractivity contribution in [3.8, 4) is 5.75 Å². The van der Waals surface area contributed by atoms with Gasteiger partial charge in [-0.05, 0) is 54.1 Å². The monoisotopic (exact) mass is 332 g/mol. The van der Waals surface area contributed by atoms with E-state index in [9.17, 15) is 0 Å². The summed E-state index contributed by atoms with van der Waals surface area (Å²) in [5.41, 5.74) is 13.9. The van der Waals surface area contributed by atoms with Crippen molar-refractivity contribution in [3.63, 3.8) is 0 Å². The highest BCUT2D eigenvalue weighted by atomic mass is 16.5. The van der Waals surface area contributed by atoms with Crippen LogP contribution in [0.2, 0.25) is 0 Å². The lowest BCUT2D eigenvalue weighted by molar-refractivity contribution is 0.414. The summed E-state index contributed by atoms with van der Waals surface area (Å²) in [5.74, 6) is 0.857. The Morgan fingerprint density at radius 2 is 2.00 bits per heavy atom. The highest BCUT2D eigenvalue weighted by Gasteiger charge is 2.26. The Labute approximate surface area is 146 Å². The predicted octanol–water partition coefficient (Wildman–Crippen LogP) is 5.39. The lowest BCUT2D eigenvalue weighted by Gasteiger charge is -2.22. The van der Waals surface area contributed by atoms with Gasteiger partial charge in [0.1, 0.15) is 5.75 Å². The molecule has 0 amide bonds. The molecule has 0 bridgehead atoms. The number of aryl methyl sites for hydroxylation is 1. The van der Waals surface area contributed by atoms with Crippen LogP contribution >= 0.6 is 0 Å². The molecule has 1 atom stereocenters. The maximum atomic E-state index is 8.99. The minimum Gasteiger partial charge on any atom is -0.497 e. The van der Waals surface area contributed by atoms with Gasteiger partial charge in [-0.3, -0.25) is 0 Å². The van der Waals surface area contributed by atoms with Crippen LogP contribution < -0.4 is 4.74 Å². The first-order chi connectivity index (χ1) is 12.3. The summed E-state index contributed by atoms with van der Waals surface area (Å²) in [6, 6.07) is 16.5. The van der Waals surface area contributed by atoms with E-state index in [1.165, 1.54) is 27.7 Å². The Morgan fingerprint density at radius 3 is 2.76 bits per heavy atom. The largest absolute Gasteiger partial charge is 0.497 e. The van der Waals surface area contributed by atoms with Crippen molar-refractivity contribution < 1.29 is 4.74 Å². The fourth-order valence-electron chi connectivity index (χ4n) is 3.91. The van der Waals surface area contributed by atoms with Gasteiger partial charge in [0.2, 0.25) is 0 Å². The van der Waals surface area contributed by atoms with Crippen LogP contribution in [0.3, 0.4) is 0 Å². The summed E-state index contributed by atoms with van der Waals surface area (Å²) in [5, 5.41) is 5.37. The second-order valence-electron chi connectivity index (χ2n) is 6.43. The fraction of sp³-hybridized carbons (Fsp3) is 0.300. The van der Waals surface area contributed by atoms with E-state index >= 15 is 0 Å². The van der Waals surface area contributed by atoms with E-state index in [4.69, 9.17) is 10.3 Å². The van der Waals surface area contributed by atoms with E-state index in [0.29, 0.717) is 0 Å². The molecule has 0 spiro atoms. The molecule has 0 radical (unpaired) electrons. The van der Waals surface area contributed by atoms with Gasteiger partial charge in [0.05, 0.1) is 13.2 Å². The highest BCUT2D eigenvalue weighted by Crippen LogP contribution is 2.39. The molecule has 1 aromatic heterocycles. The van der Waals surface area contributed by atoms with Gasteiger partial charge in [0.15, 0.2) is 0 Å². The van der Waals surface area contributed by atoms with Crippen molar-refractivity contribution in [2.45, 2.75) is 31.8 Å². The minimum atomic E-state index is -0.0839. The molecule has 1 heterocycles. The molecule has 0 N–H and O–H groups in total. The summed E-state index contributed by atoms with van der Waals surface area (Å²) < 4.78 is 7.58. The molecule has 1 unspecified atom stereocenters. The zero-order valence-electron chi connectivity index (χ0n) is 14.2. The molecule has 3 aromatic rings. The molecule has 1 aliphatic rings. The quantitative estimate of drug-likeness (QED) is 0.359. The topological polar surface area (TPSA) is 62.9 Å². The first kappa shape index (κ1) is 15.6. The Bertz CT molecular complexity index is 952. The minimum absolute atomic E-state index is 0.0839. The van der Waals surface area contributed by atoms with E-state index in [1.54, 1.807) is 7.11 Å². The van der Waals surface area contributed by atoms with Crippen molar-refractivity contribution in [1.82, 2.24) is 4.57 Å². The third kappa shape index (κ3) is 2.73. The van der Waals surface area contributed by atoms with Crippen molar-refractivity contribution in [2.75, 3.05) is 7.11 Å². The molecule has 2 aromatic carbocycles. The Morgan fingerprint density at radius 1 is 1.20 bits per heavy atom. The summed E-state index contributed by atoms with van der Waals surface area (Å²) in [4.78, 5) is 3.09. The lowest BCUT2D eigenvalue weighted by atomic mass is 9.92. The average Bonchev–Trinajstić information content (AvgIpc) is 2.98. The summed E-state index contributed by atoms with van der Waals surface area (Å²) >= 11 is 0. The van der Waals surface area contributed by atoms with Gasteiger partial charge < -0.3 is 9.30 Å². The van der Waals surface area contributed by atoms with Crippen LogP contribution in [0.25, 0.3) is 21.3 Å². The Balaban J connectivity index is 1.86. The van der Waals surface area contributed by atoms with Crippen molar-refractivity contribution in [1.29, 1.82) is 0 Å². The second-order valence-corrected chi connectivity index (χ2v) is 6.43. The van der Waals surface area contributed by atoms with Gasteiger partial charge in [0, 0.05) is 28.1 Å². The number of benzene rings is 2. The van der Waals surface area contributed by atoms with Gasteiger partial charge in [-0.15, -0.1) is 0 Å². The van der Waals surface area contributed by atoms with Gasteiger partial charge in [-0.1, -0.05) is 35.4 Å². The zero-order chi connectivity index (χ0) is 17.2. The van der Waals surface area contributed by atoms with E-state index in [1.807, 2.05) is 12.1 Å². The van der Waals surface area contributed by atoms with Gasteiger partial charge in [0.25, 0.3) is 0 Å². The second kappa shape index (κ2) is 6.54. The molecule has 126 valence electrons. The van der Waals surface area contributed by atoms with Crippen LogP contribution in [0.15, 0.2) is 53.6 Å². The van der Waals surface area contributed by atoms with E-state index < -0.39 is 0 Å². The lowest BCUT2D eigenvalue weighted by Crippen LogP contribution is -2.13. The van der Waals surface area contributed by atoms with E-state index in [-0.39, 0.29) is 6.04 Å². The van der Waals surface area contributed by atoms with Crippen molar-refractivity contribution in [3.05, 3.63) is 75.8 Å². The summed E-state index contributed by atoms with van der Waals surface area (Å²) in [6.07, 6.45) is 3.02. The fourth-order valence-corrected chi connectivity index (χ4v) is 3.91. The SMILES string of the molecule is COc1ccc(Cn2c3c(c4ccccc42)CCCC3N=[N+]=[N-])cc1. The standard InChI is InChI=1S/C20H20N4O/c1-25-15-11-9-14(10-12-15)13-24-19-8-3-2-5-16(19)17-6-4-7-18(20(17)24)22-23-21/h2-3,5,8-12,18H,4,6-7,13H2,1H3. The maximum absolute atomic E-state index is 8.99. The number of azide groups is 1. The Hall–Kier alpha value is -2.91. The van der Waals surface area contributed by atoms with Crippen LogP contribution in [0.1, 0.15) is 35.7 Å². The predicted molar refractivity (Wildman–Crippen MR) is 98.9 cm³/mol. The number of fused-ring (bicyclic) bond motifs is 3. The van der Waals surface area contributed by atoms with Crippen LogP contribution in [-0.2, 0) is 13.0 Å². The van der Waals surface area contributed by atoms with Crippen LogP contribution in [0.4, 0.5) is 0 Å². The molecule has 1 aliphatic carbocycles. The molecular formula is C20H20N4O. The number of hydrogen-bond donors (Lipinski definition) is 0. The third-order valence-corrected chi connectivity index (χ3v) is 5.03. The number of rotatable bonds is 4. The summed E-state index contributed by atoms with van der Waals surface area (Å²) in [6.45, 7) is 0.761. The first-order valence-corrected chi connectivity index (χ1v) is 8.59. The molecular weight excluding hydrogens is 312 g/mol. The van der Waals surface area contributed by atoms with Gasteiger partial charge in [-0.25, -0.2) is 0 Å². The Kier molecular flexibility index (Phi) is 4.08. The van der Waals surface area contributed by atoms with Gasteiger partial charge in [-0.2, -0.15) is 0 Å². The molecule has 5 heteroatoms. The normalized spacial score (nSPS) is 16.3. The third-order valence-electron chi connectivity index (χ3n) is 5.03. The van der Waals surface area contributed by atoms with Crippen molar-refractivity contribution in [2.24, 2.45) is 5.11 Å². The average molecular weight is 332 g/mol. The molecule has 0 aliphatic heterocycles. The van der Waals surface area contributed by atoms with Crippen molar-refractivity contribution >= 4 is 10.9 Å². The number of para-hydroxylation sites is 1. The maximum Gasteiger partial charge on any atom is 0.118 e. The van der Waals surface area contributed by atoms with E-state index in [2.05, 4.69) is 51.0 Å². The molecule has 4 rings (SSSR count). The number of aromatic nitrogens is 1. The number of ether oxygens (including phenoxy) is 1. The number of methoxy groups -OCH3 is 1. The van der Waals surface area contributed by atoms with Crippen LogP contribution in [0, 0.1) is 0 Å². The zero-order valence-corrected chi connectivity index (χ0v) is 14.2. The first-order valence-electron chi connectivity index (χ1n) is 8.59. The smallest absolute Gasteiger partial charge is 0.118 e. The molecule has 25 heavy (non-hydrogen) atoms. The number of hydrogen-bond acceptors (Lipinski definition) is 2. The molecule has 0 fully saturated rings. The molecule has 5 nitrogen and oxygen atoms in total.